The van der Waals surface area contributed by atoms with E-state index in [4.69, 9.17) is 5.48 Å². The second kappa shape index (κ2) is 6.95. The first kappa shape index (κ1) is 15.7. The van der Waals surface area contributed by atoms with E-state index in [9.17, 15) is 49.5 Å². The smallest absolute Gasteiger partial charge is 0.200 e. The molecule has 5 atom stereocenters. The van der Waals surface area contributed by atoms with Crippen molar-refractivity contribution >= 4 is 29.4 Å². The van der Waals surface area contributed by atoms with Crippen LogP contribution in [0.15, 0.2) is 0 Å². The van der Waals surface area contributed by atoms with Crippen LogP contribution < -0.4 is 0 Å². The molecule has 0 bridgehead atoms. The number of rotatable bonds is 9. The third-order valence-corrected chi connectivity index (χ3v) is 3.61. The zero-order valence-corrected chi connectivity index (χ0v) is 12.3. The first-order chi connectivity index (χ1) is 12.8. The van der Waals surface area contributed by atoms with Gasteiger partial charge in [0, 0.05) is 5.48 Å². The van der Waals surface area contributed by atoms with Crippen molar-refractivity contribution in [2.24, 2.45) is 0 Å². The van der Waals surface area contributed by atoms with Crippen LogP contribution in [0.5, 0.6) is 0 Å². The van der Waals surface area contributed by atoms with E-state index in [-0.39, 0.29) is 0 Å². The highest BCUT2D eigenvalue weighted by Crippen LogP contribution is 2.40. The molecular formula is C14H20O10. The summed E-state index contributed by atoms with van der Waals surface area (Å²) in [5.74, 6) is -7.81. The molecule has 5 N–H and O–H groups in total. The van der Waals surface area contributed by atoms with Gasteiger partial charge in [-0.25, -0.2) is 0 Å². The lowest BCUT2D eigenvalue weighted by molar-refractivity contribution is -0.258. The van der Waals surface area contributed by atoms with Crippen LogP contribution in [0.4, 0.5) is 0 Å². The molecule has 0 fully saturated rings. The molecule has 0 saturated carbocycles. The summed E-state index contributed by atoms with van der Waals surface area (Å²) < 4.78 is 28.1. The fourth-order valence-electron chi connectivity index (χ4n) is 2.18. The maximum atomic E-state index is 12.3. The van der Waals surface area contributed by atoms with Gasteiger partial charge in [-0.2, -0.15) is 0 Å². The molecule has 0 aromatic rings. The standard InChI is InChI=1S/C14H20O10/c1-6(16)11(21)13(23,8(3)18)14(24,9(4)19)12(22,7(2)17)10(20)5-15/h5,10-11,20-24H,1-4H3/t10-,11?,12-,13-,14+/m1/s1/i1D,2D,3D,4D. The summed E-state index contributed by atoms with van der Waals surface area (Å²) in [6.45, 7) is -6.01. The van der Waals surface area contributed by atoms with E-state index in [1.54, 1.807) is 0 Å². The number of aliphatic hydroxyl groups excluding tert-OH is 2. The van der Waals surface area contributed by atoms with Crippen LogP contribution in [0.25, 0.3) is 0 Å². The monoisotopic (exact) mass is 352 g/mol. The minimum Gasteiger partial charge on any atom is -0.382 e. The van der Waals surface area contributed by atoms with Crippen molar-refractivity contribution < 1.29 is 55.0 Å². The molecular weight excluding hydrogens is 328 g/mol. The lowest BCUT2D eigenvalue weighted by Crippen LogP contribution is -2.82. The van der Waals surface area contributed by atoms with Crippen molar-refractivity contribution in [3.05, 3.63) is 0 Å². The van der Waals surface area contributed by atoms with Gasteiger partial charge in [-0.1, -0.05) is 0 Å². The summed E-state index contributed by atoms with van der Waals surface area (Å²) in [5.41, 5.74) is -12.8. The van der Waals surface area contributed by atoms with Gasteiger partial charge in [0.2, 0.25) is 5.60 Å². The molecule has 0 spiro atoms. The van der Waals surface area contributed by atoms with Crippen molar-refractivity contribution in [3.63, 3.8) is 0 Å². The zero-order valence-electron chi connectivity index (χ0n) is 16.3. The van der Waals surface area contributed by atoms with Gasteiger partial charge in [0.1, 0.15) is 6.10 Å². The maximum Gasteiger partial charge on any atom is 0.200 e. The largest absolute Gasteiger partial charge is 0.382 e. The maximum absolute atomic E-state index is 12.3. The Morgan fingerprint density at radius 2 is 1.33 bits per heavy atom. The second-order valence-corrected chi connectivity index (χ2v) is 4.96. The van der Waals surface area contributed by atoms with E-state index < -0.39 is 86.0 Å². The Bertz CT molecular complexity index is 658. The highest BCUT2D eigenvalue weighted by molar-refractivity contribution is 6.08. The first-order valence-electron chi connectivity index (χ1n) is 8.93. The van der Waals surface area contributed by atoms with Gasteiger partial charge in [-0.15, -0.1) is 0 Å². The molecule has 0 aliphatic rings. The van der Waals surface area contributed by atoms with Gasteiger partial charge in [0.15, 0.2) is 46.7 Å². The third-order valence-electron chi connectivity index (χ3n) is 3.61. The molecule has 0 aliphatic heterocycles. The Balaban J connectivity index is 7.41. The molecule has 0 radical (unpaired) electrons. The molecule has 0 aliphatic carbocycles. The molecule has 0 rings (SSSR count). The summed E-state index contributed by atoms with van der Waals surface area (Å²) in [6.07, 6.45) is -6.83. The molecule has 0 heterocycles. The summed E-state index contributed by atoms with van der Waals surface area (Å²) in [5, 5.41) is 52.0. The Labute approximate surface area is 142 Å². The summed E-state index contributed by atoms with van der Waals surface area (Å²) >= 11 is 0. The first-order valence-corrected chi connectivity index (χ1v) is 6.10. The van der Waals surface area contributed by atoms with Gasteiger partial charge >= 0.3 is 0 Å². The molecule has 136 valence electrons. The van der Waals surface area contributed by atoms with Crippen LogP contribution in [-0.2, 0) is 24.0 Å². The van der Waals surface area contributed by atoms with E-state index in [1.165, 1.54) is 0 Å². The Hall–Kier alpha value is -1.85. The average molecular weight is 352 g/mol. The number of hydrogen-bond acceptors (Lipinski definition) is 10. The summed E-state index contributed by atoms with van der Waals surface area (Å²) in [6, 6.07) is 0. The van der Waals surface area contributed by atoms with Gasteiger partial charge < -0.3 is 30.3 Å². The quantitative estimate of drug-likeness (QED) is 0.260. The molecule has 10 heteroatoms. The number of aliphatic hydroxyl groups is 5. The fraction of sp³-hybridized carbons (Fsp3) is 0.643. The average Bonchev–Trinajstić information content (AvgIpc) is 2.72. The molecule has 0 amide bonds. The van der Waals surface area contributed by atoms with Gasteiger partial charge in [-0.05, 0) is 27.6 Å². The number of carbonyl (C=O) groups excluding carboxylic acids is 5. The van der Waals surface area contributed by atoms with E-state index >= 15 is 0 Å². The Kier molecular flexibility index (Phi) is 4.54. The topological polar surface area (TPSA) is 186 Å². The predicted molar refractivity (Wildman–Crippen MR) is 75.7 cm³/mol. The minimum atomic E-state index is -4.40. The van der Waals surface area contributed by atoms with Crippen molar-refractivity contribution in [2.75, 3.05) is 0 Å². The lowest BCUT2D eigenvalue weighted by Gasteiger charge is -2.50. The Morgan fingerprint density at radius 1 is 0.875 bits per heavy atom. The molecule has 24 heavy (non-hydrogen) atoms. The number of Topliss-reactive ketones (excluding diaryl/α,β-unsaturated/α-hetero) is 4. The van der Waals surface area contributed by atoms with E-state index in [0.29, 0.717) is 0 Å². The van der Waals surface area contributed by atoms with Crippen molar-refractivity contribution in [1.82, 2.24) is 0 Å². The Morgan fingerprint density at radius 3 is 1.71 bits per heavy atom. The normalized spacial score (nSPS) is 23.5. The van der Waals surface area contributed by atoms with Crippen molar-refractivity contribution in [2.45, 2.75) is 56.6 Å². The van der Waals surface area contributed by atoms with E-state index in [0.717, 1.165) is 0 Å². The lowest BCUT2D eigenvalue weighted by atomic mass is 9.61. The van der Waals surface area contributed by atoms with Crippen LogP contribution in [0.3, 0.4) is 0 Å². The number of hydrogen-bond donors (Lipinski definition) is 5. The van der Waals surface area contributed by atoms with E-state index in [2.05, 4.69) is 0 Å². The molecule has 0 aromatic carbocycles. The highest BCUT2D eigenvalue weighted by atomic mass is 16.4. The number of aldehydes is 1. The van der Waals surface area contributed by atoms with Crippen molar-refractivity contribution in [3.8, 4) is 0 Å². The fourth-order valence-corrected chi connectivity index (χ4v) is 2.18. The van der Waals surface area contributed by atoms with Gasteiger partial charge in [0.05, 0.1) is 0 Å². The zero-order chi connectivity index (χ0) is 22.5. The summed E-state index contributed by atoms with van der Waals surface area (Å²) in [4.78, 5) is 59.4. The van der Waals surface area contributed by atoms with Crippen LogP contribution >= 0.6 is 0 Å². The second-order valence-electron chi connectivity index (χ2n) is 4.96. The molecule has 0 aromatic heterocycles. The number of carbonyl (C=O) groups is 5. The predicted octanol–water partition coefficient (Wildman–Crippen LogP) is -3.54. The van der Waals surface area contributed by atoms with Crippen LogP contribution in [-0.4, -0.2) is 84.0 Å². The van der Waals surface area contributed by atoms with Crippen LogP contribution in [0.2, 0.25) is 0 Å². The summed E-state index contributed by atoms with van der Waals surface area (Å²) in [7, 11) is 0. The van der Waals surface area contributed by atoms with Crippen molar-refractivity contribution in [1.29, 1.82) is 0 Å². The van der Waals surface area contributed by atoms with Gasteiger partial charge in [-0.3, -0.25) is 19.2 Å². The third kappa shape index (κ3) is 2.72. The van der Waals surface area contributed by atoms with Crippen LogP contribution in [0.1, 0.15) is 33.1 Å². The molecule has 0 saturated heterocycles. The number of ketones is 4. The van der Waals surface area contributed by atoms with Gasteiger partial charge in [0.25, 0.3) is 0 Å². The SMILES string of the molecule is [2H]CC(=O)C(O)[C@](O)(C(=O)C[2H])[C@](O)(C(=O)C[2H])[C@@](O)(C(=O)C[2H])[C@H](O)C=O. The van der Waals surface area contributed by atoms with Crippen LogP contribution in [0, 0.1) is 0 Å². The molecule has 10 nitrogen and oxygen atoms in total. The molecule has 1 unspecified atom stereocenters. The minimum absolute atomic E-state index is 0.597. The van der Waals surface area contributed by atoms with E-state index in [1.807, 2.05) is 0 Å². The highest BCUT2D eigenvalue weighted by Gasteiger charge is 2.74.